The first kappa shape index (κ1) is 45.0. The summed E-state index contributed by atoms with van der Waals surface area (Å²) in [6, 6.07) is 0. The monoisotopic (exact) mass is 687 g/mol. The van der Waals surface area contributed by atoms with E-state index in [0.717, 1.165) is 12.8 Å². The number of rotatable bonds is 33. The second-order valence-electron chi connectivity index (χ2n) is 13.8. The molecule has 1 aliphatic heterocycles. The third-order valence-electron chi connectivity index (χ3n) is 9.23. The fourth-order valence-electron chi connectivity index (χ4n) is 6.19. The molecular weight excluding hydrogens is 612 g/mol. The van der Waals surface area contributed by atoms with E-state index in [1.54, 1.807) is 0 Å². The van der Waals surface area contributed by atoms with E-state index in [0.29, 0.717) is 6.61 Å². The van der Waals surface area contributed by atoms with Crippen molar-refractivity contribution in [1.29, 1.82) is 0 Å². The third-order valence-corrected chi connectivity index (χ3v) is 9.23. The number of esters is 1. The van der Waals surface area contributed by atoms with Gasteiger partial charge in [-0.15, -0.1) is 0 Å². The van der Waals surface area contributed by atoms with Crippen LogP contribution in [-0.2, 0) is 23.7 Å². The molecule has 0 spiro atoms. The number of allylic oxidation sites excluding steroid dienone is 2. The molecule has 6 atom stereocenters. The Kier molecular flexibility index (Phi) is 29.9. The average Bonchev–Trinajstić information content (AvgIpc) is 3.07. The lowest BCUT2D eigenvalue weighted by molar-refractivity contribution is -0.305. The van der Waals surface area contributed by atoms with E-state index in [-0.39, 0.29) is 13.2 Å². The van der Waals surface area contributed by atoms with Crippen molar-refractivity contribution in [2.75, 3.05) is 26.4 Å². The lowest BCUT2D eigenvalue weighted by Crippen LogP contribution is -2.59. The van der Waals surface area contributed by atoms with E-state index >= 15 is 0 Å². The zero-order valence-corrected chi connectivity index (χ0v) is 30.7. The van der Waals surface area contributed by atoms with Gasteiger partial charge in [0.2, 0.25) is 0 Å². The fraction of sp³-hybridized carbons (Fsp3) is 0.923. The topological polar surface area (TPSA) is 135 Å². The van der Waals surface area contributed by atoms with Gasteiger partial charge in [-0.2, -0.15) is 0 Å². The summed E-state index contributed by atoms with van der Waals surface area (Å²) in [5.41, 5.74) is 0. The van der Waals surface area contributed by atoms with Crippen molar-refractivity contribution in [3.8, 4) is 0 Å². The van der Waals surface area contributed by atoms with Crippen LogP contribution in [0.15, 0.2) is 12.2 Å². The number of carbonyl (C=O) groups is 1. The second kappa shape index (κ2) is 31.9. The maximum absolute atomic E-state index is 11.5. The molecule has 9 nitrogen and oxygen atoms in total. The molecule has 284 valence electrons. The Bertz CT molecular complexity index is 747. The number of ether oxygens (including phenoxy) is 4. The normalized spacial score (nSPS) is 22.0. The Labute approximate surface area is 293 Å². The maximum Gasteiger partial charge on any atom is 0.303 e. The van der Waals surface area contributed by atoms with E-state index in [9.17, 15) is 25.2 Å². The minimum atomic E-state index is -1.53. The van der Waals surface area contributed by atoms with Crippen LogP contribution >= 0.6 is 0 Å². The van der Waals surface area contributed by atoms with E-state index in [1.807, 2.05) is 0 Å². The molecule has 1 saturated heterocycles. The van der Waals surface area contributed by atoms with Crippen LogP contribution in [0, 0.1) is 0 Å². The van der Waals surface area contributed by atoms with Crippen molar-refractivity contribution < 1.29 is 44.2 Å². The molecule has 6 unspecified atom stereocenters. The quantitative estimate of drug-likeness (QED) is 0.0311. The maximum atomic E-state index is 11.5. The van der Waals surface area contributed by atoms with Gasteiger partial charge in [0, 0.05) is 13.5 Å². The van der Waals surface area contributed by atoms with Crippen LogP contribution in [-0.4, -0.2) is 89.6 Å². The Morgan fingerprint density at radius 3 is 1.56 bits per heavy atom. The number of carbonyl (C=O) groups excluding carboxylic acids is 1. The minimum Gasteiger partial charge on any atom is -0.458 e. The summed E-state index contributed by atoms with van der Waals surface area (Å²) in [7, 11) is 0. The highest BCUT2D eigenvalue weighted by atomic mass is 16.7. The summed E-state index contributed by atoms with van der Waals surface area (Å²) < 4.78 is 21.8. The summed E-state index contributed by atoms with van der Waals surface area (Å²) in [6.07, 6.45) is 29.0. The molecule has 0 aromatic rings. The van der Waals surface area contributed by atoms with Crippen molar-refractivity contribution >= 4 is 5.97 Å². The van der Waals surface area contributed by atoms with Gasteiger partial charge in [0.15, 0.2) is 6.29 Å². The van der Waals surface area contributed by atoms with Crippen LogP contribution < -0.4 is 0 Å². The van der Waals surface area contributed by atoms with Crippen LogP contribution in [0.4, 0.5) is 0 Å². The lowest BCUT2D eigenvalue weighted by atomic mass is 9.99. The summed E-state index contributed by atoms with van der Waals surface area (Å²) in [5, 5.41) is 39.2. The van der Waals surface area contributed by atoms with E-state index < -0.39 is 49.4 Å². The number of aliphatic hydroxyl groups excluding tert-OH is 4. The minimum absolute atomic E-state index is 0.125. The SMILES string of the molecule is CCCCCCCCCC/C=C\CCCCCCCCCCCCCCCCOCC(COC1OC(CO)C(O)C(O)C1O)OC(C)=O. The summed E-state index contributed by atoms with van der Waals surface area (Å²) >= 11 is 0. The van der Waals surface area contributed by atoms with Crippen molar-refractivity contribution in [2.45, 2.75) is 205 Å². The molecule has 0 bridgehead atoms. The Hall–Kier alpha value is -1.07. The van der Waals surface area contributed by atoms with Gasteiger partial charge in [-0.25, -0.2) is 0 Å². The summed E-state index contributed by atoms with van der Waals surface area (Å²) in [4.78, 5) is 11.5. The number of hydrogen-bond donors (Lipinski definition) is 4. The molecule has 48 heavy (non-hydrogen) atoms. The molecule has 9 heteroatoms. The van der Waals surface area contributed by atoms with Crippen molar-refractivity contribution in [2.24, 2.45) is 0 Å². The van der Waals surface area contributed by atoms with Crippen molar-refractivity contribution in [3.05, 3.63) is 12.2 Å². The highest BCUT2D eigenvalue weighted by Gasteiger charge is 2.44. The molecule has 1 aliphatic rings. The van der Waals surface area contributed by atoms with E-state index in [4.69, 9.17) is 18.9 Å². The van der Waals surface area contributed by atoms with Gasteiger partial charge in [-0.3, -0.25) is 4.79 Å². The zero-order valence-electron chi connectivity index (χ0n) is 30.7. The average molecular weight is 687 g/mol. The molecule has 0 saturated carbocycles. The van der Waals surface area contributed by atoms with Gasteiger partial charge in [-0.1, -0.05) is 141 Å². The van der Waals surface area contributed by atoms with Crippen LogP contribution in [0.2, 0.25) is 0 Å². The first-order valence-electron chi connectivity index (χ1n) is 19.7. The molecule has 0 radical (unpaired) electrons. The third kappa shape index (κ3) is 24.1. The molecule has 0 aromatic heterocycles. The van der Waals surface area contributed by atoms with Gasteiger partial charge in [0.05, 0.1) is 19.8 Å². The smallest absolute Gasteiger partial charge is 0.303 e. The number of unbranched alkanes of at least 4 members (excludes halogenated alkanes) is 22. The van der Waals surface area contributed by atoms with Gasteiger partial charge < -0.3 is 39.4 Å². The second-order valence-corrected chi connectivity index (χ2v) is 13.8. The van der Waals surface area contributed by atoms with E-state index in [1.165, 1.54) is 148 Å². The fourth-order valence-corrected chi connectivity index (χ4v) is 6.19. The Morgan fingerprint density at radius 2 is 1.10 bits per heavy atom. The van der Waals surface area contributed by atoms with Gasteiger partial charge >= 0.3 is 5.97 Å². The predicted octanol–water partition coefficient (Wildman–Crippen LogP) is 7.69. The number of hydrogen-bond acceptors (Lipinski definition) is 9. The van der Waals surface area contributed by atoms with Crippen molar-refractivity contribution in [3.63, 3.8) is 0 Å². The van der Waals surface area contributed by atoms with E-state index in [2.05, 4.69) is 19.1 Å². The highest BCUT2D eigenvalue weighted by molar-refractivity contribution is 5.66. The molecule has 0 aromatic carbocycles. The predicted molar refractivity (Wildman–Crippen MR) is 192 cm³/mol. The Balaban J connectivity index is 1.89. The Morgan fingerprint density at radius 1 is 0.646 bits per heavy atom. The summed E-state index contributed by atoms with van der Waals surface area (Å²) in [5.74, 6) is -0.487. The van der Waals surface area contributed by atoms with Crippen LogP contribution in [0.1, 0.15) is 168 Å². The van der Waals surface area contributed by atoms with Crippen LogP contribution in [0.5, 0.6) is 0 Å². The molecule has 0 aliphatic carbocycles. The van der Waals surface area contributed by atoms with Crippen LogP contribution in [0.25, 0.3) is 0 Å². The molecule has 0 amide bonds. The van der Waals surface area contributed by atoms with Crippen molar-refractivity contribution in [1.82, 2.24) is 0 Å². The lowest BCUT2D eigenvalue weighted by Gasteiger charge is -2.39. The first-order chi connectivity index (χ1) is 23.4. The number of aliphatic hydroxyl groups is 4. The highest BCUT2D eigenvalue weighted by Crippen LogP contribution is 2.22. The standard InChI is InChI=1S/C39H74O9/c1-3-4-5-6-7-8-9-10-11-12-13-14-15-16-17-18-19-20-21-22-23-24-25-26-27-28-29-45-31-34(47-33(2)41)32-46-39-38(44)37(43)36(42)35(30-40)48-39/h12-13,34-40,42-44H,3-11,14-32H2,1-2H3/b13-12-. The molecule has 1 heterocycles. The van der Waals surface area contributed by atoms with Gasteiger partial charge in [0.1, 0.15) is 30.5 Å². The van der Waals surface area contributed by atoms with Crippen LogP contribution in [0.3, 0.4) is 0 Å². The molecule has 4 N–H and O–H groups in total. The zero-order chi connectivity index (χ0) is 35.1. The molecule has 1 rings (SSSR count). The summed E-state index contributed by atoms with van der Waals surface area (Å²) in [6.45, 7) is 3.59. The van der Waals surface area contributed by atoms with Gasteiger partial charge in [-0.05, 0) is 32.1 Å². The van der Waals surface area contributed by atoms with Gasteiger partial charge in [0.25, 0.3) is 0 Å². The largest absolute Gasteiger partial charge is 0.458 e. The molecule has 1 fully saturated rings. The molecular formula is C39H74O9. The first-order valence-corrected chi connectivity index (χ1v) is 19.7.